The number of carbonyl (C=O) groups is 3. The van der Waals surface area contributed by atoms with Gasteiger partial charge in [-0.3, -0.25) is 19.3 Å². The van der Waals surface area contributed by atoms with Crippen LogP contribution in [0.2, 0.25) is 0 Å². The number of ketones is 1. The van der Waals surface area contributed by atoms with Crippen molar-refractivity contribution >= 4 is 17.6 Å². The predicted octanol–water partition coefficient (Wildman–Crippen LogP) is 3.04. The van der Waals surface area contributed by atoms with Crippen molar-refractivity contribution in [3.63, 3.8) is 0 Å². The first kappa shape index (κ1) is 25.3. The van der Waals surface area contributed by atoms with Gasteiger partial charge in [0, 0.05) is 43.9 Å². The third kappa shape index (κ3) is 5.88. The Bertz CT molecular complexity index is 1250. The fourth-order valence-electron chi connectivity index (χ4n) is 4.62. The van der Waals surface area contributed by atoms with Crippen LogP contribution in [-0.4, -0.2) is 64.7 Å². The lowest BCUT2D eigenvalue weighted by Gasteiger charge is -2.34. The van der Waals surface area contributed by atoms with E-state index in [9.17, 15) is 18.8 Å². The highest BCUT2D eigenvalue weighted by Gasteiger charge is 2.26. The predicted molar refractivity (Wildman–Crippen MR) is 135 cm³/mol. The molecule has 188 valence electrons. The number of Topliss-reactive ketones (excluding diaryl/α,β-unsaturated/α-hetero) is 1. The van der Waals surface area contributed by atoms with Gasteiger partial charge in [0.05, 0.1) is 24.3 Å². The summed E-state index contributed by atoms with van der Waals surface area (Å²) in [6.45, 7) is 4.25. The molecule has 1 fully saturated rings. The molecule has 0 aliphatic carbocycles. The van der Waals surface area contributed by atoms with Crippen LogP contribution in [0.15, 0.2) is 60.7 Å². The van der Waals surface area contributed by atoms with E-state index in [0.717, 1.165) is 5.56 Å². The van der Waals surface area contributed by atoms with E-state index < -0.39 is 5.91 Å². The van der Waals surface area contributed by atoms with Gasteiger partial charge in [-0.15, -0.1) is 0 Å². The summed E-state index contributed by atoms with van der Waals surface area (Å²) in [6, 6.07) is 17.8. The molecule has 8 heteroatoms. The van der Waals surface area contributed by atoms with Gasteiger partial charge in [0.2, 0.25) is 5.91 Å². The number of hydrogen-bond donors (Lipinski definition) is 1. The molecule has 1 aliphatic heterocycles. The first-order chi connectivity index (χ1) is 17.3. The summed E-state index contributed by atoms with van der Waals surface area (Å²) >= 11 is 0. The average molecular weight is 491 g/mol. The number of hydrogen-bond acceptors (Lipinski definition) is 4. The maximum atomic E-state index is 14.3. The Labute approximate surface area is 210 Å². The van der Waals surface area contributed by atoms with Crippen LogP contribution in [0, 0.1) is 12.7 Å². The van der Waals surface area contributed by atoms with Gasteiger partial charge in [0.15, 0.2) is 5.78 Å². The second-order valence-corrected chi connectivity index (χ2v) is 9.14. The fourth-order valence-corrected chi connectivity index (χ4v) is 4.62. The molecule has 1 aliphatic rings. The number of rotatable bonds is 9. The largest absolute Gasteiger partial charge is 0.366 e. The normalized spacial score (nSPS) is 14.1. The van der Waals surface area contributed by atoms with Crippen LogP contribution in [0.1, 0.15) is 44.1 Å². The molecule has 4 rings (SSSR count). The number of piperazine rings is 1. The number of aromatic nitrogens is 1. The lowest BCUT2D eigenvalue weighted by atomic mass is 10.1. The van der Waals surface area contributed by atoms with Crippen LogP contribution in [0.25, 0.3) is 0 Å². The van der Waals surface area contributed by atoms with Gasteiger partial charge in [-0.25, -0.2) is 4.39 Å². The van der Waals surface area contributed by atoms with E-state index in [4.69, 9.17) is 5.73 Å². The van der Waals surface area contributed by atoms with Crippen molar-refractivity contribution < 1.29 is 18.8 Å². The SMILES string of the molecule is Cc1c(C(N)=O)cc(C(=O)CN2CCN(C(=O)CCc3ccccc3)CC2)n1Cc1ccccc1F. The van der Waals surface area contributed by atoms with Crippen molar-refractivity contribution in [2.24, 2.45) is 5.73 Å². The van der Waals surface area contributed by atoms with Crippen LogP contribution in [-0.2, 0) is 17.8 Å². The summed E-state index contributed by atoms with van der Waals surface area (Å²) in [5, 5.41) is 0. The summed E-state index contributed by atoms with van der Waals surface area (Å²) in [6.07, 6.45) is 1.17. The topological polar surface area (TPSA) is 88.6 Å². The van der Waals surface area contributed by atoms with Crippen molar-refractivity contribution in [1.29, 1.82) is 0 Å². The Morgan fingerprint density at radius 1 is 0.944 bits per heavy atom. The number of primary amides is 1. The van der Waals surface area contributed by atoms with Crippen molar-refractivity contribution in [3.8, 4) is 0 Å². The van der Waals surface area contributed by atoms with Gasteiger partial charge in [-0.1, -0.05) is 48.5 Å². The Hall–Kier alpha value is -3.78. The average Bonchev–Trinajstić information content (AvgIpc) is 3.21. The zero-order valence-corrected chi connectivity index (χ0v) is 20.5. The molecule has 1 saturated heterocycles. The van der Waals surface area contributed by atoms with E-state index in [2.05, 4.69) is 0 Å². The number of benzene rings is 2. The molecule has 1 aromatic heterocycles. The molecule has 0 unspecified atom stereocenters. The number of carbonyl (C=O) groups excluding carboxylic acids is 3. The highest BCUT2D eigenvalue weighted by Crippen LogP contribution is 2.20. The maximum Gasteiger partial charge on any atom is 0.250 e. The molecule has 7 nitrogen and oxygen atoms in total. The summed E-state index contributed by atoms with van der Waals surface area (Å²) in [5.74, 6) is -1.06. The third-order valence-corrected chi connectivity index (χ3v) is 6.77. The lowest BCUT2D eigenvalue weighted by molar-refractivity contribution is -0.132. The van der Waals surface area contributed by atoms with Crippen molar-refractivity contribution in [2.75, 3.05) is 32.7 Å². The van der Waals surface area contributed by atoms with Gasteiger partial charge in [0.25, 0.3) is 5.91 Å². The lowest BCUT2D eigenvalue weighted by Crippen LogP contribution is -2.50. The van der Waals surface area contributed by atoms with Crippen molar-refractivity contribution in [1.82, 2.24) is 14.4 Å². The molecule has 0 bridgehead atoms. The highest BCUT2D eigenvalue weighted by atomic mass is 19.1. The van der Waals surface area contributed by atoms with E-state index in [1.165, 1.54) is 12.1 Å². The molecule has 2 N–H and O–H groups in total. The van der Waals surface area contributed by atoms with Crippen LogP contribution < -0.4 is 5.73 Å². The fraction of sp³-hybridized carbons (Fsp3) is 0.321. The molecule has 2 amide bonds. The summed E-state index contributed by atoms with van der Waals surface area (Å²) in [7, 11) is 0. The number of nitrogens with two attached hydrogens (primary N) is 1. The van der Waals surface area contributed by atoms with Crippen molar-refractivity contribution in [3.05, 3.63) is 94.6 Å². The van der Waals surface area contributed by atoms with E-state index in [-0.39, 0.29) is 36.2 Å². The first-order valence-corrected chi connectivity index (χ1v) is 12.1. The van der Waals surface area contributed by atoms with Gasteiger partial charge in [0.1, 0.15) is 5.82 Å². The van der Waals surface area contributed by atoms with Gasteiger partial charge >= 0.3 is 0 Å². The molecule has 0 saturated carbocycles. The van der Waals surface area contributed by atoms with E-state index in [1.54, 1.807) is 29.7 Å². The molecule has 2 heterocycles. The van der Waals surface area contributed by atoms with Gasteiger partial charge in [-0.05, 0) is 31.0 Å². The Morgan fingerprint density at radius 2 is 1.61 bits per heavy atom. The zero-order chi connectivity index (χ0) is 25.7. The molecule has 2 aromatic carbocycles. The van der Waals surface area contributed by atoms with Gasteiger partial charge in [-0.2, -0.15) is 0 Å². The second kappa shape index (κ2) is 11.3. The van der Waals surface area contributed by atoms with Crippen molar-refractivity contribution in [2.45, 2.75) is 26.3 Å². The molecular weight excluding hydrogens is 459 g/mol. The molecule has 3 aromatic rings. The smallest absolute Gasteiger partial charge is 0.250 e. The van der Waals surface area contributed by atoms with E-state index in [1.807, 2.05) is 40.1 Å². The van der Waals surface area contributed by atoms with Crippen LogP contribution >= 0.6 is 0 Å². The minimum Gasteiger partial charge on any atom is -0.366 e. The molecule has 0 spiro atoms. The van der Waals surface area contributed by atoms with E-state index in [0.29, 0.717) is 56.0 Å². The monoisotopic (exact) mass is 490 g/mol. The first-order valence-electron chi connectivity index (χ1n) is 12.1. The Morgan fingerprint density at radius 3 is 2.28 bits per heavy atom. The summed E-state index contributed by atoms with van der Waals surface area (Å²) < 4.78 is 16.0. The minimum absolute atomic E-state index is 0.116. The van der Waals surface area contributed by atoms with Gasteiger partial charge < -0.3 is 15.2 Å². The number of amides is 2. The Kier molecular flexibility index (Phi) is 7.95. The molecule has 36 heavy (non-hydrogen) atoms. The molecule has 0 radical (unpaired) electrons. The standard InChI is InChI=1S/C28H31FN4O3/c1-20-23(28(30)36)17-25(33(20)18-22-9-5-6-10-24(22)29)26(34)19-31-13-15-32(16-14-31)27(35)12-11-21-7-3-2-4-8-21/h2-10,17H,11-16,18-19H2,1H3,(H2,30,36). The number of halogens is 1. The molecular formula is C28H31FN4O3. The zero-order valence-electron chi connectivity index (χ0n) is 20.5. The Balaban J connectivity index is 1.38. The van der Waals surface area contributed by atoms with Crippen LogP contribution in [0.4, 0.5) is 4.39 Å². The third-order valence-electron chi connectivity index (χ3n) is 6.77. The van der Waals surface area contributed by atoms with E-state index >= 15 is 0 Å². The highest BCUT2D eigenvalue weighted by molar-refractivity contribution is 6.01. The van der Waals surface area contributed by atoms with Crippen LogP contribution in [0.5, 0.6) is 0 Å². The summed E-state index contributed by atoms with van der Waals surface area (Å²) in [4.78, 5) is 41.7. The number of aryl methyl sites for hydroxylation is 1. The van der Waals surface area contributed by atoms with Crippen LogP contribution in [0.3, 0.4) is 0 Å². The summed E-state index contributed by atoms with van der Waals surface area (Å²) in [5.41, 5.74) is 8.19. The number of nitrogens with zero attached hydrogens (tertiary/aromatic N) is 3. The minimum atomic E-state index is -0.628. The second-order valence-electron chi connectivity index (χ2n) is 9.14. The maximum absolute atomic E-state index is 14.3. The quantitative estimate of drug-likeness (QED) is 0.467. The molecule has 0 atom stereocenters.